The van der Waals surface area contributed by atoms with Crippen molar-refractivity contribution in [1.82, 2.24) is 15.0 Å². The van der Waals surface area contributed by atoms with Crippen molar-refractivity contribution in [1.29, 1.82) is 0 Å². The van der Waals surface area contributed by atoms with Crippen molar-refractivity contribution in [2.45, 2.75) is 117 Å². The highest BCUT2D eigenvalue weighted by molar-refractivity contribution is 5.64. The lowest BCUT2D eigenvalue weighted by molar-refractivity contribution is 0.685. The molecule has 0 aliphatic carbocycles. The number of rotatable bonds is 18. The molecule has 6 heteroatoms. The van der Waals surface area contributed by atoms with Crippen LogP contribution in [0.4, 0.5) is 17.8 Å². The quantitative estimate of drug-likeness (QED) is 0.181. The minimum absolute atomic E-state index is 0.400. The second-order valence-electron chi connectivity index (χ2n) is 7.72. The van der Waals surface area contributed by atoms with Gasteiger partial charge in [0, 0.05) is 18.6 Å². The summed E-state index contributed by atoms with van der Waals surface area (Å²) in [6, 6.07) is 0. The van der Waals surface area contributed by atoms with Gasteiger partial charge in [-0.05, 0) is 38.5 Å². The Kier molecular flexibility index (Phi) is 16.5. The molecule has 0 aliphatic heterocycles. The molecule has 0 fully saturated rings. The van der Waals surface area contributed by atoms with Crippen LogP contribution in [-0.4, -0.2) is 33.6 Å². The Bertz CT molecular complexity index is 526. The number of hydrogen-bond donors (Lipinski definition) is 0. The van der Waals surface area contributed by atoms with Gasteiger partial charge in [0.15, 0.2) is 0 Å². The van der Waals surface area contributed by atoms with Crippen LogP contribution in [0.25, 0.3) is 0 Å². The molecule has 30 heavy (non-hydrogen) atoms. The monoisotopic (exact) mass is 414 g/mol. The Morgan fingerprint density at radius 2 is 0.767 bits per heavy atom. The molecule has 1 aromatic rings. The predicted octanol–water partition coefficient (Wildman–Crippen LogP) is 7.89. The summed E-state index contributed by atoms with van der Waals surface area (Å²) in [6.45, 7) is 6.66. The van der Waals surface area contributed by atoms with Gasteiger partial charge >= 0.3 is 0 Å². The van der Waals surface area contributed by atoms with Crippen LogP contribution >= 0.6 is 0 Å². The maximum atomic E-state index is 4.43. The summed E-state index contributed by atoms with van der Waals surface area (Å²) in [4.78, 5) is 26.4. The zero-order chi connectivity index (χ0) is 21.7. The fourth-order valence-corrected chi connectivity index (χ4v) is 2.94. The summed E-state index contributed by atoms with van der Waals surface area (Å²) in [5, 5.41) is 0. The fraction of sp³-hybridized carbons (Fsp3) is 0.750. The van der Waals surface area contributed by atoms with Crippen LogP contribution < -0.4 is 0 Å². The molecular formula is C24H42N6. The van der Waals surface area contributed by atoms with Crippen LogP contribution in [0.1, 0.15) is 117 Å². The maximum absolute atomic E-state index is 4.43. The van der Waals surface area contributed by atoms with Gasteiger partial charge in [0.25, 0.3) is 17.8 Å². The molecule has 0 saturated carbocycles. The largest absolute Gasteiger partial charge is 0.255 e. The lowest BCUT2D eigenvalue weighted by Crippen LogP contribution is -1.90. The van der Waals surface area contributed by atoms with Gasteiger partial charge in [-0.2, -0.15) is 15.0 Å². The van der Waals surface area contributed by atoms with Crippen LogP contribution in [0.3, 0.4) is 0 Å². The highest BCUT2D eigenvalue weighted by atomic mass is 15.2. The van der Waals surface area contributed by atoms with E-state index in [1.165, 1.54) is 57.8 Å². The third kappa shape index (κ3) is 14.1. The van der Waals surface area contributed by atoms with Crippen molar-refractivity contribution in [3.05, 3.63) is 0 Å². The summed E-state index contributed by atoms with van der Waals surface area (Å²) in [7, 11) is 0. The average Bonchev–Trinajstić information content (AvgIpc) is 2.75. The minimum Gasteiger partial charge on any atom is -0.224 e. The van der Waals surface area contributed by atoms with E-state index in [0.717, 1.165) is 38.5 Å². The maximum Gasteiger partial charge on any atom is 0.255 e. The molecule has 168 valence electrons. The number of unbranched alkanes of at least 4 members (excludes halogenated alkanes) is 12. The van der Waals surface area contributed by atoms with Gasteiger partial charge in [-0.1, -0.05) is 78.6 Å². The fourth-order valence-electron chi connectivity index (χ4n) is 2.94. The zero-order valence-corrected chi connectivity index (χ0v) is 19.5. The second kappa shape index (κ2) is 19.0. The van der Waals surface area contributed by atoms with Crippen molar-refractivity contribution >= 4 is 36.5 Å². The van der Waals surface area contributed by atoms with Gasteiger partial charge in [0.1, 0.15) is 0 Å². The highest BCUT2D eigenvalue weighted by Crippen LogP contribution is 2.16. The standard InChI is InChI=1S/C24H42N6/c1-4-7-10-13-16-19-25-22-28-23(26-20-17-14-11-8-5-2)30-24(29-22)27-21-18-15-12-9-6-3/h19-21H,4-18H2,1-3H3/b25-19+,26-20+,27-21+. The number of hydrogen-bond acceptors (Lipinski definition) is 6. The Morgan fingerprint density at radius 3 is 1.03 bits per heavy atom. The number of nitrogens with zero attached hydrogens (tertiary/aromatic N) is 6. The summed E-state index contributed by atoms with van der Waals surface area (Å²) >= 11 is 0. The van der Waals surface area contributed by atoms with Crippen molar-refractivity contribution in [2.24, 2.45) is 15.0 Å². The van der Waals surface area contributed by atoms with Gasteiger partial charge in [0.2, 0.25) is 0 Å². The third-order valence-electron chi connectivity index (χ3n) is 4.78. The topological polar surface area (TPSA) is 75.8 Å². The molecule has 6 nitrogen and oxygen atoms in total. The predicted molar refractivity (Wildman–Crippen MR) is 131 cm³/mol. The van der Waals surface area contributed by atoms with Gasteiger partial charge in [-0.25, -0.2) is 15.0 Å². The smallest absolute Gasteiger partial charge is 0.224 e. The van der Waals surface area contributed by atoms with Gasteiger partial charge < -0.3 is 0 Å². The summed E-state index contributed by atoms with van der Waals surface area (Å²) < 4.78 is 0. The Labute approximate surface area is 183 Å². The first kappa shape index (κ1) is 26.1. The van der Waals surface area contributed by atoms with Gasteiger partial charge in [-0.3, -0.25) is 0 Å². The van der Waals surface area contributed by atoms with Crippen LogP contribution in [0.5, 0.6) is 0 Å². The van der Waals surface area contributed by atoms with Crippen LogP contribution in [-0.2, 0) is 0 Å². The van der Waals surface area contributed by atoms with Crippen molar-refractivity contribution < 1.29 is 0 Å². The SMILES string of the molecule is CCCCCC/C=N/c1nc(/N=C/CCCCCC)nc(/N=C/CCCCCC)n1. The number of aliphatic imine (C=N–C) groups is 3. The lowest BCUT2D eigenvalue weighted by Gasteiger charge is -1.99. The summed E-state index contributed by atoms with van der Waals surface area (Å²) in [5.74, 6) is 1.20. The van der Waals surface area contributed by atoms with Crippen molar-refractivity contribution in [3.63, 3.8) is 0 Å². The van der Waals surface area contributed by atoms with Crippen LogP contribution in [0.2, 0.25) is 0 Å². The average molecular weight is 415 g/mol. The molecule has 0 unspecified atom stereocenters. The van der Waals surface area contributed by atoms with Crippen molar-refractivity contribution in [2.75, 3.05) is 0 Å². The zero-order valence-electron chi connectivity index (χ0n) is 19.5. The summed E-state index contributed by atoms with van der Waals surface area (Å²) in [6.07, 6.45) is 23.2. The number of aromatic nitrogens is 3. The lowest BCUT2D eigenvalue weighted by atomic mass is 10.2. The van der Waals surface area contributed by atoms with E-state index < -0.39 is 0 Å². The molecule has 1 rings (SSSR count). The first-order valence-electron chi connectivity index (χ1n) is 12.1. The molecular weight excluding hydrogens is 372 g/mol. The highest BCUT2D eigenvalue weighted by Gasteiger charge is 2.03. The Hall–Kier alpha value is -1.98. The molecule has 0 amide bonds. The minimum atomic E-state index is 0.400. The van der Waals surface area contributed by atoms with E-state index in [4.69, 9.17) is 0 Å². The molecule has 0 N–H and O–H groups in total. The molecule has 1 heterocycles. The Balaban J connectivity index is 2.70. The Morgan fingerprint density at radius 1 is 0.467 bits per heavy atom. The van der Waals surface area contributed by atoms with Crippen LogP contribution in [0, 0.1) is 0 Å². The molecule has 0 aromatic carbocycles. The molecule has 1 aromatic heterocycles. The van der Waals surface area contributed by atoms with E-state index in [2.05, 4.69) is 50.7 Å². The third-order valence-corrected chi connectivity index (χ3v) is 4.78. The summed E-state index contributed by atoms with van der Waals surface area (Å²) in [5.41, 5.74) is 0. The van der Waals surface area contributed by atoms with E-state index >= 15 is 0 Å². The first-order chi connectivity index (χ1) is 14.8. The van der Waals surface area contributed by atoms with Gasteiger partial charge in [-0.15, -0.1) is 0 Å². The van der Waals surface area contributed by atoms with E-state index in [9.17, 15) is 0 Å². The van der Waals surface area contributed by atoms with E-state index in [-0.39, 0.29) is 0 Å². The second-order valence-corrected chi connectivity index (χ2v) is 7.72. The molecule has 0 atom stereocenters. The van der Waals surface area contributed by atoms with E-state index in [1.807, 2.05) is 18.6 Å². The molecule has 0 aliphatic rings. The van der Waals surface area contributed by atoms with E-state index in [0.29, 0.717) is 17.8 Å². The molecule has 0 spiro atoms. The van der Waals surface area contributed by atoms with Crippen molar-refractivity contribution in [3.8, 4) is 0 Å². The molecule has 0 saturated heterocycles. The van der Waals surface area contributed by atoms with E-state index in [1.54, 1.807) is 0 Å². The normalized spacial score (nSPS) is 12.1. The first-order valence-corrected chi connectivity index (χ1v) is 12.1. The van der Waals surface area contributed by atoms with Gasteiger partial charge in [0.05, 0.1) is 0 Å². The van der Waals surface area contributed by atoms with Crippen LogP contribution in [0.15, 0.2) is 15.0 Å². The molecule has 0 radical (unpaired) electrons. The molecule has 0 bridgehead atoms.